The van der Waals surface area contributed by atoms with Crippen LogP contribution in [-0.2, 0) is 12.8 Å². The van der Waals surface area contributed by atoms with Crippen molar-refractivity contribution in [3.63, 3.8) is 0 Å². The van der Waals surface area contributed by atoms with Crippen molar-refractivity contribution in [1.29, 1.82) is 0 Å². The van der Waals surface area contributed by atoms with Crippen LogP contribution in [0.5, 0.6) is 5.75 Å². The first-order valence-electron chi connectivity index (χ1n) is 6.91. The Bertz CT molecular complexity index is 652. The van der Waals surface area contributed by atoms with Gasteiger partial charge in [0.2, 0.25) is 0 Å². The molecule has 4 heteroatoms. The van der Waals surface area contributed by atoms with Crippen molar-refractivity contribution in [3.05, 3.63) is 63.9 Å². The van der Waals surface area contributed by atoms with Crippen LogP contribution < -0.4 is 4.74 Å². The van der Waals surface area contributed by atoms with E-state index in [0.717, 1.165) is 23.3 Å². The van der Waals surface area contributed by atoms with E-state index >= 15 is 0 Å². The summed E-state index contributed by atoms with van der Waals surface area (Å²) in [5.41, 5.74) is 2.59. The van der Waals surface area contributed by atoms with E-state index in [2.05, 4.69) is 0 Å². The number of fused-ring (bicyclic) bond motifs is 1. The van der Waals surface area contributed by atoms with E-state index in [4.69, 9.17) is 27.9 Å². The Hall–Kier alpha value is -1.25. The van der Waals surface area contributed by atoms with Gasteiger partial charge in [0, 0.05) is 17.0 Å². The zero-order valence-corrected chi connectivity index (χ0v) is 13.1. The van der Waals surface area contributed by atoms with Gasteiger partial charge in [-0.3, -0.25) is 0 Å². The number of ether oxygens (including phenoxy) is 1. The number of hydrogen-bond donors (Lipinski definition) is 0. The second kappa shape index (κ2) is 5.86. The standard InChI is InChI=1S/C17H15Cl2FO/c1-10-7-12-8-11(5-6-17(12)21-10)15(19)9-13-14(18)3-2-4-16(13)20/h2-6,8,10,15H,7,9H2,1H3. The zero-order chi connectivity index (χ0) is 15.0. The lowest BCUT2D eigenvalue weighted by Crippen LogP contribution is -2.05. The molecule has 1 aliphatic heterocycles. The van der Waals surface area contributed by atoms with E-state index in [9.17, 15) is 4.39 Å². The molecule has 3 rings (SSSR count). The van der Waals surface area contributed by atoms with Gasteiger partial charge in [0.1, 0.15) is 17.7 Å². The predicted molar refractivity (Wildman–Crippen MR) is 83.9 cm³/mol. The Morgan fingerprint density at radius 2 is 2.14 bits per heavy atom. The van der Waals surface area contributed by atoms with Crippen molar-refractivity contribution >= 4 is 23.2 Å². The molecule has 1 heterocycles. The summed E-state index contributed by atoms with van der Waals surface area (Å²) in [4.78, 5) is 0. The van der Waals surface area contributed by atoms with Crippen molar-refractivity contribution in [2.24, 2.45) is 0 Å². The molecule has 1 nitrogen and oxygen atoms in total. The fourth-order valence-corrected chi connectivity index (χ4v) is 3.19. The van der Waals surface area contributed by atoms with Crippen LogP contribution >= 0.6 is 23.2 Å². The SMILES string of the molecule is CC1Cc2cc(C(Cl)Cc3c(F)cccc3Cl)ccc2O1. The van der Waals surface area contributed by atoms with Gasteiger partial charge in [-0.05, 0) is 42.7 Å². The molecule has 0 aliphatic carbocycles. The smallest absolute Gasteiger partial charge is 0.127 e. The van der Waals surface area contributed by atoms with E-state index in [0.29, 0.717) is 17.0 Å². The molecule has 2 atom stereocenters. The minimum atomic E-state index is -0.319. The van der Waals surface area contributed by atoms with Crippen LogP contribution in [0.1, 0.15) is 29.0 Å². The summed E-state index contributed by atoms with van der Waals surface area (Å²) in [6.45, 7) is 2.04. The van der Waals surface area contributed by atoms with Crippen molar-refractivity contribution in [3.8, 4) is 5.75 Å². The molecule has 21 heavy (non-hydrogen) atoms. The molecule has 1 aliphatic rings. The molecule has 2 unspecified atom stereocenters. The maximum absolute atomic E-state index is 13.8. The summed E-state index contributed by atoms with van der Waals surface area (Å²) >= 11 is 12.5. The summed E-state index contributed by atoms with van der Waals surface area (Å²) in [7, 11) is 0. The van der Waals surface area contributed by atoms with Crippen LogP contribution in [0.2, 0.25) is 5.02 Å². The largest absolute Gasteiger partial charge is 0.490 e. The van der Waals surface area contributed by atoms with Crippen molar-refractivity contribution in [1.82, 2.24) is 0 Å². The van der Waals surface area contributed by atoms with Crippen LogP contribution in [0.15, 0.2) is 36.4 Å². The average molecular weight is 325 g/mol. The lowest BCUT2D eigenvalue weighted by molar-refractivity contribution is 0.254. The Balaban J connectivity index is 1.83. The zero-order valence-electron chi connectivity index (χ0n) is 11.6. The summed E-state index contributed by atoms with van der Waals surface area (Å²) in [6, 6.07) is 10.6. The maximum atomic E-state index is 13.8. The highest BCUT2D eigenvalue weighted by Gasteiger charge is 2.21. The first-order valence-corrected chi connectivity index (χ1v) is 7.72. The molecule has 2 aromatic carbocycles. The van der Waals surface area contributed by atoms with Gasteiger partial charge in [0.25, 0.3) is 0 Å². The lowest BCUT2D eigenvalue weighted by atomic mass is 10.00. The molecule has 2 aromatic rings. The minimum absolute atomic E-state index is 0.199. The molecule has 0 amide bonds. The van der Waals surface area contributed by atoms with Crippen molar-refractivity contribution < 1.29 is 9.13 Å². The summed E-state index contributed by atoms with van der Waals surface area (Å²) < 4.78 is 19.5. The third-order valence-corrected chi connectivity index (χ3v) is 4.49. The second-order valence-electron chi connectivity index (χ2n) is 5.37. The number of benzene rings is 2. The van der Waals surface area contributed by atoms with Crippen LogP contribution in [0.4, 0.5) is 4.39 Å². The molecular weight excluding hydrogens is 310 g/mol. The highest BCUT2D eigenvalue weighted by molar-refractivity contribution is 6.31. The van der Waals surface area contributed by atoms with Gasteiger partial charge in [-0.15, -0.1) is 11.6 Å². The molecular formula is C17H15Cl2FO. The third-order valence-electron chi connectivity index (χ3n) is 3.73. The van der Waals surface area contributed by atoms with Crippen LogP contribution in [0.25, 0.3) is 0 Å². The molecule has 0 saturated heterocycles. The highest BCUT2D eigenvalue weighted by atomic mass is 35.5. The van der Waals surface area contributed by atoms with Gasteiger partial charge in [0.05, 0.1) is 5.38 Å². The normalized spacial score (nSPS) is 18.2. The van der Waals surface area contributed by atoms with Crippen LogP contribution in [0, 0.1) is 5.82 Å². The van der Waals surface area contributed by atoms with E-state index in [1.165, 1.54) is 6.07 Å². The van der Waals surface area contributed by atoms with Crippen LogP contribution in [0.3, 0.4) is 0 Å². The van der Waals surface area contributed by atoms with Crippen LogP contribution in [-0.4, -0.2) is 6.10 Å². The Labute approximate surface area is 133 Å². The molecule has 0 saturated carbocycles. The predicted octanol–water partition coefficient (Wildman–Crippen LogP) is 5.33. The van der Waals surface area contributed by atoms with Crippen molar-refractivity contribution in [2.45, 2.75) is 31.2 Å². The van der Waals surface area contributed by atoms with Gasteiger partial charge in [-0.25, -0.2) is 4.39 Å². The molecule has 0 radical (unpaired) electrons. The lowest BCUT2D eigenvalue weighted by Gasteiger charge is -2.13. The molecule has 0 fully saturated rings. The highest BCUT2D eigenvalue weighted by Crippen LogP contribution is 2.35. The first kappa shape index (κ1) is 14.7. The number of halogens is 3. The second-order valence-corrected chi connectivity index (χ2v) is 6.31. The number of rotatable bonds is 3. The quantitative estimate of drug-likeness (QED) is 0.694. The fourth-order valence-electron chi connectivity index (χ4n) is 2.66. The van der Waals surface area contributed by atoms with E-state index in [1.54, 1.807) is 12.1 Å². The summed E-state index contributed by atoms with van der Waals surface area (Å²) in [5.74, 6) is 0.602. The van der Waals surface area contributed by atoms with E-state index < -0.39 is 0 Å². The number of hydrogen-bond acceptors (Lipinski definition) is 1. The fraction of sp³-hybridized carbons (Fsp3) is 0.294. The van der Waals surface area contributed by atoms with Gasteiger partial charge in [-0.2, -0.15) is 0 Å². The summed E-state index contributed by atoms with van der Waals surface area (Å²) in [5, 5.41) is 0.0966. The van der Waals surface area contributed by atoms with Gasteiger partial charge >= 0.3 is 0 Å². The van der Waals surface area contributed by atoms with E-state index in [-0.39, 0.29) is 17.3 Å². The molecule has 0 spiro atoms. The topological polar surface area (TPSA) is 9.23 Å². The Morgan fingerprint density at radius 1 is 1.33 bits per heavy atom. The minimum Gasteiger partial charge on any atom is -0.490 e. The third kappa shape index (κ3) is 3.02. The number of alkyl halides is 1. The molecule has 0 N–H and O–H groups in total. The molecule has 0 bridgehead atoms. The molecule has 110 valence electrons. The van der Waals surface area contributed by atoms with Gasteiger partial charge in [-0.1, -0.05) is 29.8 Å². The van der Waals surface area contributed by atoms with E-state index in [1.807, 2.05) is 25.1 Å². The van der Waals surface area contributed by atoms with Crippen molar-refractivity contribution in [2.75, 3.05) is 0 Å². The Morgan fingerprint density at radius 3 is 2.90 bits per heavy atom. The maximum Gasteiger partial charge on any atom is 0.127 e. The average Bonchev–Trinajstić information content (AvgIpc) is 2.81. The summed E-state index contributed by atoms with van der Waals surface area (Å²) in [6.07, 6.45) is 1.44. The van der Waals surface area contributed by atoms with Gasteiger partial charge < -0.3 is 4.74 Å². The Kier molecular flexibility index (Phi) is 4.10. The monoisotopic (exact) mass is 324 g/mol. The van der Waals surface area contributed by atoms with Gasteiger partial charge in [0.15, 0.2) is 0 Å². The molecule has 0 aromatic heterocycles. The first-order chi connectivity index (χ1) is 10.0.